The van der Waals surface area contributed by atoms with Crippen LogP contribution >= 0.6 is 0 Å². The van der Waals surface area contributed by atoms with Gasteiger partial charge in [-0.25, -0.2) is 4.98 Å². The summed E-state index contributed by atoms with van der Waals surface area (Å²) in [6, 6.07) is 0. The number of hydrogen-bond acceptors (Lipinski definition) is 2. The number of ether oxygens (including phenoxy) is 1. The normalized spacial score (nSPS) is 11.6. The van der Waals surface area contributed by atoms with E-state index in [1.807, 2.05) is 37.7 Å². The maximum atomic E-state index is 5.26. The SMILES string of the molecule is C=C(C)/C=C(/OC)c1nc(C)cn1C. The molecule has 0 aliphatic heterocycles. The van der Waals surface area contributed by atoms with E-state index in [0.29, 0.717) is 0 Å². The van der Waals surface area contributed by atoms with Gasteiger partial charge in [0, 0.05) is 13.2 Å². The summed E-state index contributed by atoms with van der Waals surface area (Å²) in [6.45, 7) is 7.69. The molecular formula is C11H16N2O. The topological polar surface area (TPSA) is 27.1 Å². The molecular weight excluding hydrogens is 176 g/mol. The maximum absolute atomic E-state index is 5.26. The van der Waals surface area contributed by atoms with Crippen LogP contribution < -0.4 is 0 Å². The molecule has 0 aromatic carbocycles. The monoisotopic (exact) mass is 192 g/mol. The van der Waals surface area contributed by atoms with E-state index < -0.39 is 0 Å². The van der Waals surface area contributed by atoms with E-state index in [1.165, 1.54) is 0 Å². The molecule has 3 heteroatoms. The van der Waals surface area contributed by atoms with Gasteiger partial charge in [-0.1, -0.05) is 12.2 Å². The van der Waals surface area contributed by atoms with Crippen molar-refractivity contribution in [1.29, 1.82) is 0 Å². The van der Waals surface area contributed by atoms with Gasteiger partial charge in [0.2, 0.25) is 0 Å². The number of hydrogen-bond donors (Lipinski definition) is 0. The van der Waals surface area contributed by atoms with Crippen molar-refractivity contribution >= 4 is 5.76 Å². The summed E-state index contributed by atoms with van der Waals surface area (Å²) < 4.78 is 7.20. The van der Waals surface area contributed by atoms with E-state index in [1.54, 1.807) is 7.11 Å². The second-order valence-electron chi connectivity index (χ2n) is 3.38. The van der Waals surface area contributed by atoms with Crippen molar-refractivity contribution in [2.75, 3.05) is 7.11 Å². The van der Waals surface area contributed by atoms with Crippen molar-refractivity contribution in [2.24, 2.45) is 7.05 Å². The molecule has 0 aliphatic rings. The Labute approximate surface area is 84.7 Å². The number of methoxy groups -OCH3 is 1. The molecule has 76 valence electrons. The second kappa shape index (κ2) is 4.13. The highest BCUT2D eigenvalue weighted by atomic mass is 16.5. The largest absolute Gasteiger partial charge is 0.493 e. The molecule has 0 atom stereocenters. The Morgan fingerprint density at radius 2 is 2.29 bits per heavy atom. The molecule has 0 unspecified atom stereocenters. The Kier molecular flexibility index (Phi) is 3.12. The molecule has 0 bridgehead atoms. The summed E-state index contributed by atoms with van der Waals surface area (Å²) in [5.74, 6) is 1.57. The van der Waals surface area contributed by atoms with Crippen molar-refractivity contribution < 1.29 is 4.74 Å². The highest BCUT2D eigenvalue weighted by Crippen LogP contribution is 2.15. The van der Waals surface area contributed by atoms with Gasteiger partial charge in [0.15, 0.2) is 11.6 Å². The van der Waals surface area contributed by atoms with Crippen LogP contribution in [0.2, 0.25) is 0 Å². The average Bonchev–Trinajstić information content (AvgIpc) is 2.41. The average molecular weight is 192 g/mol. The van der Waals surface area contributed by atoms with Crippen molar-refractivity contribution in [2.45, 2.75) is 13.8 Å². The first kappa shape index (κ1) is 10.6. The Hall–Kier alpha value is -1.51. The molecule has 0 fully saturated rings. The van der Waals surface area contributed by atoms with E-state index in [0.717, 1.165) is 22.9 Å². The molecule has 0 aliphatic carbocycles. The molecule has 0 N–H and O–H groups in total. The fourth-order valence-corrected chi connectivity index (χ4v) is 1.28. The highest BCUT2D eigenvalue weighted by molar-refractivity contribution is 5.57. The summed E-state index contributed by atoms with van der Waals surface area (Å²) in [6.07, 6.45) is 3.84. The van der Waals surface area contributed by atoms with Crippen LogP contribution in [-0.2, 0) is 11.8 Å². The molecule has 14 heavy (non-hydrogen) atoms. The van der Waals surface area contributed by atoms with Crippen molar-refractivity contribution in [3.05, 3.63) is 35.9 Å². The van der Waals surface area contributed by atoms with Crippen LogP contribution in [0.5, 0.6) is 0 Å². The van der Waals surface area contributed by atoms with Gasteiger partial charge < -0.3 is 9.30 Å². The molecule has 0 saturated carbocycles. The number of rotatable bonds is 3. The van der Waals surface area contributed by atoms with Crippen LogP contribution in [-0.4, -0.2) is 16.7 Å². The third-order valence-electron chi connectivity index (χ3n) is 1.81. The molecule has 0 saturated heterocycles. The van der Waals surface area contributed by atoms with Crippen molar-refractivity contribution in [1.82, 2.24) is 9.55 Å². The molecule has 0 amide bonds. The molecule has 1 rings (SSSR count). The lowest BCUT2D eigenvalue weighted by Gasteiger charge is -2.05. The zero-order valence-corrected chi connectivity index (χ0v) is 9.16. The summed E-state index contributed by atoms with van der Waals surface area (Å²) in [5.41, 5.74) is 1.93. The van der Waals surface area contributed by atoms with Crippen LogP contribution in [0, 0.1) is 6.92 Å². The Balaban J connectivity index is 3.13. The zero-order valence-electron chi connectivity index (χ0n) is 9.16. The minimum absolute atomic E-state index is 0.744. The molecule has 1 aromatic heterocycles. The fourth-order valence-electron chi connectivity index (χ4n) is 1.28. The minimum Gasteiger partial charge on any atom is -0.493 e. The van der Waals surface area contributed by atoms with Gasteiger partial charge in [0.1, 0.15) is 0 Å². The summed E-state index contributed by atoms with van der Waals surface area (Å²) in [7, 11) is 3.58. The number of nitrogens with zero attached hydrogens (tertiary/aromatic N) is 2. The standard InChI is InChI=1S/C11H16N2O/c1-8(2)6-10(14-5)11-12-9(3)7-13(11)4/h6-7H,1H2,2-5H3/b10-6+. The van der Waals surface area contributed by atoms with Crippen LogP contribution in [0.1, 0.15) is 18.4 Å². The quantitative estimate of drug-likeness (QED) is 0.542. The Morgan fingerprint density at radius 3 is 2.64 bits per heavy atom. The van der Waals surface area contributed by atoms with Gasteiger partial charge in [-0.3, -0.25) is 0 Å². The van der Waals surface area contributed by atoms with E-state index >= 15 is 0 Å². The molecule has 1 heterocycles. The zero-order chi connectivity index (χ0) is 10.7. The lowest BCUT2D eigenvalue weighted by atomic mass is 10.3. The van der Waals surface area contributed by atoms with Gasteiger partial charge in [0.05, 0.1) is 12.8 Å². The molecule has 3 nitrogen and oxygen atoms in total. The summed E-state index contributed by atoms with van der Waals surface area (Å²) in [5, 5.41) is 0. The summed E-state index contributed by atoms with van der Waals surface area (Å²) in [4.78, 5) is 4.36. The molecule has 0 spiro atoms. The van der Waals surface area contributed by atoms with E-state index in [-0.39, 0.29) is 0 Å². The van der Waals surface area contributed by atoms with E-state index in [9.17, 15) is 0 Å². The summed E-state index contributed by atoms with van der Waals surface area (Å²) >= 11 is 0. The second-order valence-corrected chi connectivity index (χ2v) is 3.38. The predicted molar refractivity (Wildman–Crippen MR) is 57.7 cm³/mol. The number of aromatic nitrogens is 2. The lowest BCUT2D eigenvalue weighted by molar-refractivity contribution is 0.364. The third-order valence-corrected chi connectivity index (χ3v) is 1.81. The van der Waals surface area contributed by atoms with Gasteiger partial charge >= 0.3 is 0 Å². The van der Waals surface area contributed by atoms with Gasteiger partial charge in [-0.2, -0.15) is 0 Å². The number of imidazole rings is 1. The molecule has 1 aromatic rings. The first-order valence-corrected chi connectivity index (χ1v) is 4.46. The van der Waals surface area contributed by atoms with E-state index in [4.69, 9.17) is 4.74 Å². The number of allylic oxidation sites excluding steroid dienone is 2. The van der Waals surface area contributed by atoms with E-state index in [2.05, 4.69) is 11.6 Å². The Morgan fingerprint density at radius 1 is 1.64 bits per heavy atom. The van der Waals surface area contributed by atoms with Crippen LogP contribution in [0.15, 0.2) is 24.4 Å². The third kappa shape index (κ3) is 2.25. The lowest BCUT2D eigenvalue weighted by Crippen LogP contribution is -1.98. The van der Waals surface area contributed by atoms with Crippen molar-refractivity contribution in [3.63, 3.8) is 0 Å². The number of aryl methyl sites for hydroxylation is 2. The van der Waals surface area contributed by atoms with Gasteiger partial charge in [0.25, 0.3) is 0 Å². The van der Waals surface area contributed by atoms with Crippen molar-refractivity contribution in [3.8, 4) is 0 Å². The van der Waals surface area contributed by atoms with Gasteiger partial charge in [-0.15, -0.1) is 0 Å². The fraction of sp³-hybridized carbons (Fsp3) is 0.364. The van der Waals surface area contributed by atoms with Crippen LogP contribution in [0.25, 0.3) is 5.76 Å². The predicted octanol–water partition coefficient (Wildman–Crippen LogP) is 2.29. The Bertz CT molecular complexity index is 375. The first-order valence-electron chi connectivity index (χ1n) is 4.46. The minimum atomic E-state index is 0.744. The maximum Gasteiger partial charge on any atom is 0.175 e. The van der Waals surface area contributed by atoms with Crippen LogP contribution in [0.3, 0.4) is 0 Å². The van der Waals surface area contributed by atoms with Crippen LogP contribution in [0.4, 0.5) is 0 Å². The van der Waals surface area contributed by atoms with Gasteiger partial charge in [-0.05, 0) is 19.9 Å². The smallest absolute Gasteiger partial charge is 0.175 e. The molecule has 0 radical (unpaired) electrons. The highest BCUT2D eigenvalue weighted by Gasteiger charge is 2.08. The first-order chi connectivity index (χ1) is 6.54.